The zero-order valence-corrected chi connectivity index (χ0v) is 10.1. The Kier molecular flexibility index (Phi) is 4.20. The molecule has 0 N–H and O–H groups in total. The van der Waals surface area contributed by atoms with Crippen LogP contribution in [0.1, 0.15) is 18.1 Å². The van der Waals surface area contributed by atoms with Gasteiger partial charge in [0.25, 0.3) is 10.1 Å². The third-order valence-corrected chi connectivity index (χ3v) is 2.53. The summed E-state index contributed by atoms with van der Waals surface area (Å²) < 4.78 is 26.4. The van der Waals surface area contributed by atoms with Crippen LogP contribution in [0.25, 0.3) is 0 Å². The van der Waals surface area contributed by atoms with Crippen molar-refractivity contribution in [1.82, 2.24) is 0 Å². The molecule has 0 amide bonds. The second kappa shape index (κ2) is 5.23. The van der Waals surface area contributed by atoms with Crippen molar-refractivity contribution < 1.29 is 17.4 Å². The number of Topliss-reactive ketones (excluding diaryl/α,β-unsaturated/α-hetero) is 1. The van der Waals surface area contributed by atoms with Crippen molar-refractivity contribution in [2.24, 2.45) is 0 Å². The molecule has 88 valence electrons. The van der Waals surface area contributed by atoms with Crippen LogP contribution in [0.5, 0.6) is 0 Å². The zero-order valence-electron chi connectivity index (χ0n) is 9.26. The molecule has 0 aromatic heterocycles. The van der Waals surface area contributed by atoms with Gasteiger partial charge in [-0.2, -0.15) is 8.42 Å². The van der Waals surface area contributed by atoms with E-state index in [0.717, 1.165) is 17.4 Å². The van der Waals surface area contributed by atoms with Crippen LogP contribution >= 0.6 is 0 Å². The van der Waals surface area contributed by atoms with E-state index in [9.17, 15) is 13.2 Å². The van der Waals surface area contributed by atoms with Crippen molar-refractivity contribution in [1.29, 1.82) is 0 Å². The van der Waals surface area contributed by atoms with Gasteiger partial charge in [-0.1, -0.05) is 24.3 Å². The van der Waals surface area contributed by atoms with Gasteiger partial charge in [0, 0.05) is 6.42 Å². The summed E-state index contributed by atoms with van der Waals surface area (Å²) in [5, 5.41) is 0. The average molecular weight is 242 g/mol. The molecule has 0 unspecified atom stereocenters. The topological polar surface area (TPSA) is 60.4 Å². The molecule has 0 saturated heterocycles. The Balaban J connectivity index is 2.83. The summed E-state index contributed by atoms with van der Waals surface area (Å²) in [5.74, 6) is 0.0341. The van der Waals surface area contributed by atoms with E-state index in [1.54, 1.807) is 18.2 Å². The molecule has 4 nitrogen and oxygen atoms in total. The predicted octanol–water partition coefficient (Wildman–Crippen LogP) is 1.29. The van der Waals surface area contributed by atoms with Crippen LogP contribution in [-0.4, -0.2) is 20.5 Å². The summed E-state index contributed by atoms with van der Waals surface area (Å²) in [5.41, 5.74) is 1.53. The molecule has 0 spiro atoms. The Morgan fingerprint density at radius 3 is 2.31 bits per heavy atom. The minimum absolute atomic E-state index is 0.0255. The summed E-state index contributed by atoms with van der Waals surface area (Å²) in [4.78, 5) is 11.0. The quantitative estimate of drug-likeness (QED) is 0.730. The van der Waals surface area contributed by atoms with Gasteiger partial charge in [0.1, 0.15) is 5.78 Å². The van der Waals surface area contributed by atoms with Gasteiger partial charge in [-0.3, -0.25) is 8.98 Å². The number of ketones is 1. The first-order valence-corrected chi connectivity index (χ1v) is 6.61. The molecule has 0 aliphatic carbocycles. The van der Waals surface area contributed by atoms with Crippen LogP contribution in [0.15, 0.2) is 24.3 Å². The highest BCUT2D eigenvalue weighted by Crippen LogP contribution is 2.12. The van der Waals surface area contributed by atoms with Gasteiger partial charge in [0.05, 0.1) is 12.9 Å². The van der Waals surface area contributed by atoms with E-state index in [0.29, 0.717) is 6.42 Å². The molecule has 16 heavy (non-hydrogen) atoms. The SMILES string of the molecule is CC(=O)Cc1ccccc1COS(C)(=O)=O. The van der Waals surface area contributed by atoms with Crippen molar-refractivity contribution in [3.63, 3.8) is 0 Å². The van der Waals surface area contributed by atoms with E-state index < -0.39 is 10.1 Å². The summed E-state index contributed by atoms with van der Waals surface area (Å²) in [6.45, 7) is 1.47. The number of hydrogen-bond donors (Lipinski definition) is 0. The number of hydrogen-bond acceptors (Lipinski definition) is 4. The fourth-order valence-corrected chi connectivity index (χ4v) is 1.65. The van der Waals surface area contributed by atoms with E-state index in [1.807, 2.05) is 6.07 Å². The minimum atomic E-state index is -3.45. The number of carbonyl (C=O) groups is 1. The van der Waals surface area contributed by atoms with Gasteiger partial charge in [-0.25, -0.2) is 0 Å². The van der Waals surface area contributed by atoms with E-state index in [1.165, 1.54) is 6.92 Å². The molecule has 5 heteroatoms. The first kappa shape index (κ1) is 12.9. The summed E-state index contributed by atoms with van der Waals surface area (Å²) >= 11 is 0. The molecule has 0 radical (unpaired) electrons. The first-order chi connectivity index (χ1) is 7.38. The van der Waals surface area contributed by atoms with Crippen molar-refractivity contribution in [2.45, 2.75) is 20.0 Å². The normalized spacial score (nSPS) is 11.4. The lowest BCUT2D eigenvalue weighted by atomic mass is 10.0. The highest BCUT2D eigenvalue weighted by molar-refractivity contribution is 7.85. The lowest BCUT2D eigenvalue weighted by Crippen LogP contribution is -2.06. The van der Waals surface area contributed by atoms with E-state index in [-0.39, 0.29) is 12.4 Å². The highest BCUT2D eigenvalue weighted by atomic mass is 32.2. The molecule has 0 aliphatic heterocycles. The van der Waals surface area contributed by atoms with Gasteiger partial charge in [0.15, 0.2) is 0 Å². The Morgan fingerprint density at radius 2 is 1.81 bits per heavy atom. The lowest BCUT2D eigenvalue weighted by Gasteiger charge is -2.07. The highest BCUT2D eigenvalue weighted by Gasteiger charge is 2.07. The van der Waals surface area contributed by atoms with Crippen LogP contribution < -0.4 is 0 Å². The molecular weight excluding hydrogens is 228 g/mol. The van der Waals surface area contributed by atoms with Gasteiger partial charge >= 0.3 is 0 Å². The van der Waals surface area contributed by atoms with Crippen LogP contribution in [0.3, 0.4) is 0 Å². The Hall–Kier alpha value is -1.20. The summed E-state index contributed by atoms with van der Waals surface area (Å²) in [6.07, 6.45) is 1.30. The smallest absolute Gasteiger partial charge is 0.264 e. The lowest BCUT2D eigenvalue weighted by molar-refractivity contribution is -0.116. The van der Waals surface area contributed by atoms with Crippen LogP contribution in [-0.2, 0) is 32.1 Å². The zero-order chi connectivity index (χ0) is 12.2. The average Bonchev–Trinajstić information content (AvgIpc) is 2.14. The maximum atomic E-state index is 11.0. The molecule has 0 saturated carbocycles. The summed E-state index contributed by atoms with van der Waals surface area (Å²) in [7, 11) is -3.45. The standard InChI is InChI=1S/C11H14O4S/c1-9(12)7-10-5-3-4-6-11(10)8-15-16(2,13)14/h3-6H,7-8H2,1-2H3. The Labute approximate surface area is 95.4 Å². The third-order valence-electron chi connectivity index (χ3n) is 1.99. The number of carbonyl (C=O) groups excluding carboxylic acids is 1. The number of rotatable bonds is 5. The second-order valence-electron chi connectivity index (χ2n) is 3.61. The molecule has 0 fully saturated rings. The van der Waals surface area contributed by atoms with Crippen LogP contribution in [0.2, 0.25) is 0 Å². The van der Waals surface area contributed by atoms with Crippen LogP contribution in [0.4, 0.5) is 0 Å². The Morgan fingerprint density at radius 1 is 1.25 bits per heavy atom. The van der Waals surface area contributed by atoms with E-state index in [2.05, 4.69) is 0 Å². The predicted molar refractivity (Wildman–Crippen MR) is 60.5 cm³/mol. The van der Waals surface area contributed by atoms with Crippen molar-refractivity contribution in [2.75, 3.05) is 6.26 Å². The first-order valence-electron chi connectivity index (χ1n) is 4.79. The fraction of sp³-hybridized carbons (Fsp3) is 0.364. The monoisotopic (exact) mass is 242 g/mol. The molecule has 1 aromatic carbocycles. The minimum Gasteiger partial charge on any atom is -0.300 e. The van der Waals surface area contributed by atoms with E-state index in [4.69, 9.17) is 4.18 Å². The summed E-state index contributed by atoms with van der Waals surface area (Å²) in [6, 6.07) is 7.14. The molecule has 0 bridgehead atoms. The molecule has 1 aromatic rings. The molecule has 0 atom stereocenters. The molecule has 1 rings (SSSR count). The largest absolute Gasteiger partial charge is 0.300 e. The molecular formula is C11H14O4S. The third kappa shape index (κ3) is 4.55. The Bertz CT molecular complexity index is 477. The maximum absolute atomic E-state index is 11.0. The second-order valence-corrected chi connectivity index (χ2v) is 5.26. The van der Waals surface area contributed by atoms with Gasteiger partial charge < -0.3 is 0 Å². The fourth-order valence-electron chi connectivity index (χ4n) is 1.31. The van der Waals surface area contributed by atoms with Crippen molar-refractivity contribution in [3.8, 4) is 0 Å². The van der Waals surface area contributed by atoms with Gasteiger partial charge in [-0.05, 0) is 18.1 Å². The maximum Gasteiger partial charge on any atom is 0.264 e. The molecule has 0 heterocycles. The molecule has 0 aliphatic rings. The van der Waals surface area contributed by atoms with E-state index >= 15 is 0 Å². The number of benzene rings is 1. The van der Waals surface area contributed by atoms with Crippen LogP contribution in [0, 0.1) is 0 Å². The van der Waals surface area contributed by atoms with Gasteiger partial charge in [-0.15, -0.1) is 0 Å². The van der Waals surface area contributed by atoms with Crippen molar-refractivity contribution in [3.05, 3.63) is 35.4 Å². The van der Waals surface area contributed by atoms with Gasteiger partial charge in [0.2, 0.25) is 0 Å². The van der Waals surface area contributed by atoms with Crippen molar-refractivity contribution >= 4 is 15.9 Å².